The van der Waals surface area contributed by atoms with Gasteiger partial charge in [-0.1, -0.05) is 12.8 Å². The summed E-state index contributed by atoms with van der Waals surface area (Å²) < 4.78 is 0. The number of imide groups is 1. The van der Waals surface area contributed by atoms with Crippen LogP contribution in [0.2, 0.25) is 0 Å². The number of carboxylic acids is 1. The Morgan fingerprint density at radius 1 is 1.21 bits per heavy atom. The molecule has 0 aromatic heterocycles. The van der Waals surface area contributed by atoms with E-state index in [9.17, 15) is 14.4 Å². The fourth-order valence-corrected chi connectivity index (χ4v) is 2.98. The third-order valence-electron chi connectivity index (χ3n) is 2.94. The van der Waals surface area contributed by atoms with Gasteiger partial charge in [-0.2, -0.15) is 11.8 Å². The molecule has 1 aliphatic carbocycles. The zero-order valence-corrected chi connectivity index (χ0v) is 11.5. The van der Waals surface area contributed by atoms with Crippen LogP contribution in [0.5, 0.6) is 0 Å². The number of carbonyl (C=O) groups excluding carboxylic acids is 2. The van der Waals surface area contributed by atoms with Crippen LogP contribution in [-0.4, -0.2) is 40.6 Å². The summed E-state index contributed by atoms with van der Waals surface area (Å²) >= 11 is 1.71. The van der Waals surface area contributed by atoms with Gasteiger partial charge in [0.15, 0.2) is 0 Å². The molecule has 19 heavy (non-hydrogen) atoms. The SMILES string of the molecule is CSC1CCCCC1NC(=O)NC(=O)/C=C/C(=O)O. The first-order valence-electron chi connectivity index (χ1n) is 6.08. The third kappa shape index (κ3) is 5.78. The number of carboxylic acid groups (broad SMARTS) is 1. The van der Waals surface area contributed by atoms with Crippen LogP contribution in [0.15, 0.2) is 12.2 Å². The summed E-state index contributed by atoms with van der Waals surface area (Å²) in [5.74, 6) is -1.97. The molecule has 3 N–H and O–H groups in total. The van der Waals surface area contributed by atoms with Crippen molar-refractivity contribution in [2.75, 3.05) is 6.26 Å². The van der Waals surface area contributed by atoms with Gasteiger partial charge in [-0.25, -0.2) is 9.59 Å². The minimum absolute atomic E-state index is 0.0556. The summed E-state index contributed by atoms with van der Waals surface area (Å²) in [5.41, 5.74) is 0. The second-order valence-electron chi connectivity index (χ2n) is 4.30. The van der Waals surface area contributed by atoms with Crippen LogP contribution in [0, 0.1) is 0 Å². The minimum atomic E-state index is -1.23. The van der Waals surface area contributed by atoms with Crippen LogP contribution in [0.4, 0.5) is 4.79 Å². The van der Waals surface area contributed by atoms with E-state index in [1.807, 2.05) is 6.26 Å². The highest BCUT2D eigenvalue weighted by Gasteiger charge is 2.25. The lowest BCUT2D eigenvalue weighted by Gasteiger charge is -2.30. The smallest absolute Gasteiger partial charge is 0.328 e. The summed E-state index contributed by atoms with van der Waals surface area (Å²) in [6.07, 6.45) is 7.68. The standard InChI is InChI=1S/C12H18N2O4S/c1-19-9-5-3-2-4-8(9)13-12(18)14-10(15)6-7-11(16)17/h6-9H,2-5H2,1H3,(H,16,17)(H2,13,14,15,18)/b7-6+. The number of hydrogen-bond donors (Lipinski definition) is 3. The number of aliphatic carboxylic acids is 1. The van der Waals surface area contributed by atoms with E-state index in [1.54, 1.807) is 11.8 Å². The van der Waals surface area contributed by atoms with Crippen molar-refractivity contribution >= 4 is 29.7 Å². The summed E-state index contributed by atoms with van der Waals surface area (Å²) in [6, 6.07) is -0.522. The average Bonchev–Trinajstić information content (AvgIpc) is 2.37. The Kier molecular flexibility index (Phi) is 6.41. The molecule has 0 spiro atoms. The molecule has 0 saturated heterocycles. The lowest BCUT2D eigenvalue weighted by molar-refractivity contribution is -0.131. The van der Waals surface area contributed by atoms with E-state index in [-0.39, 0.29) is 6.04 Å². The second-order valence-corrected chi connectivity index (χ2v) is 5.38. The molecule has 0 aromatic carbocycles. The molecule has 7 heteroatoms. The Labute approximate surface area is 116 Å². The van der Waals surface area contributed by atoms with Gasteiger partial charge in [0.1, 0.15) is 0 Å². The van der Waals surface area contributed by atoms with Gasteiger partial charge >= 0.3 is 12.0 Å². The van der Waals surface area contributed by atoms with Gasteiger partial charge in [-0.15, -0.1) is 0 Å². The molecule has 2 atom stereocenters. The van der Waals surface area contributed by atoms with Crippen molar-refractivity contribution in [1.82, 2.24) is 10.6 Å². The number of nitrogens with one attached hydrogen (secondary N) is 2. The van der Waals surface area contributed by atoms with E-state index in [1.165, 1.54) is 0 Å². The zero-order chi connectivity index (χ0) is 14.3. The molecule has 1 aliphatic rings. The van der Waals surface area contributed by atoms with Crippen molar-refractivity contribution < 1.29 is 19.5 Å². The van der Waals surface area contributed by atoms with Crippen molar-refractivity contribution in [3.8, 4) is 0 Å². The van der Waals surface area contributed by atoms with Gasteiger partial charge < -0.3 is 10.4 Å². The highest BCUT2D eigenvalue weighted by molar-refractivity contribution is 7.99. The molecule has 1 fully saturated rings. The second kappa shape index (κ2) is 7.83. The normalized spacial score (nSPS) is 23.0. The van der Waals surface area contributed by atoms with Crippen molar-refractivity contribution in [2.45, 2.75) is 37.0 Å². The maximum absolute atomic E-state index is 11.6. The average molecular weight is 286 g/mol. The van der Waals surface area contributed by atoms with Gasteiger partial charge in [0.25, 0.3) is 5.91 Å². The summed E-state index contributed by atoms with van der Waals surface area (Å²) in [6.45, 7) is 0. The van der Waals surface area contributed by atoms with Crippen LogP contribution in [0.3, 0.4) is 0 Å². The Bertz CT molecular complexity index is 384. The predicted octanol–water partition coefficient (Wildman–Crippen LogP) is 1.13. The van der Waals surface area contributed by atoms with E-state index in [0.29, 0.717) is 11.3 Å². The van der Waals surface area contributed by atoms with Crippen molar-refractivity contribution in [2.24, 2.45) is 0 Å². The Balaban J connectivity index is 2.41. The summed E-state index contributed by atoms with van der Waals surface area (Å²) in [7, 11) is 0. The fourth-order valence-electron chi connectivity index (χ4n) is 2.05. The molecule has 0 aromatic rings. The number of rotatable bonds is 4. The maximum atomic E-state index is 11.6. The molecule has 0 bridgehead atoms. The molecule has 0 radical (unpaired) electrons. The number of thioether (sulfide) groups is 1. The first kappa shape index (κ1) is 15.6. The maximum Gasteiger partial charge on any atom is 0.328 e. The number of amides is 3. The first-order chi connectivity index (χ1) is 9.02. The molecular weight excluding hydrogens is 268 g/mol. The zero-order valence-electron chi connectivity index (χ0n) is 10.7. The van der Waals surface area contributed by atoms with Crippen molar-refractivity contribution in [1.29, 1.82) is 0 Å². The lowest BCUT2D eigenvalue weighted by atomic mass is 9.95. The first-order valence-corrected chi connectivity index (χ1v) is 7.37. The van der Waals surface area contributed by atoms with Gasteiger partial charge in [0.2, 0.25) is 0 Å². The largest absolute Gasteiger partial charge is 0.478 e. The van der Waals surface area contributed by atoms with Gasteiger partial charge in [0, 0.05) is 23.4 Å². The summed E-state index contributed by atoms with van der Waals surface area (Å²) in [5, 5.41) is 13.6. The van der Waals surface area contributed by atoms with Crippen LogP contribution >= 0.6 is 11.8 Å². The highest BCUT2D eigenvalue weighted by atomic mass is 32.2. The van der Waals surface area contributed by atoms with Crippen molar-refractivity contribution in [3.63, 3.8) is 0 Å². The van der Waals surface area contributed by atoms with E-state index in [2.05, 4.69) is 10.6 Å². The highest BCUT2D eigenvalue weighted by Crippen LogP contribution is 2.26. The van der Waals surface area contributed by atoms with E-state index in [0.717, 1.165) is 31.8 Å². The Hall–Kier alpha value is -1.50. The van der Waals surface area contributed by atoms with E-state index in [4.69, 9.17) is 5.11 Å². The van der Waals surface area contributed by atoms with Crippen LogP contribution in [0.25, 0.3) is 0 Å². The third-order valence-corrected chi connectivity index (χ3v) is 4.11. The Morgan fingerprint density at radius 3 is 2.53 bits per heavy atom. The van der Waals surface area contributed by atoms with Crippen molar-refractivity contribution in [3.05, 3.63) is 12.2 Å². The van der Waals surface area contributed by atoms with E-state index < -0.39 is 17.9 Å². The quantitative estimate of drug-likeness (QED) is 0.673. The lowest BCUT2D eigenvalue weighted by Crippen LogP contribution is -2.49. The molecule has 0 heterocycles. The van der Waals surface area contributed by atoms with E-state index >= 15 is 0 Å². The molecule has 2 unspecified atom stereocenters. The molecule has 106 valence electrons. The van der Waals surface area contributed by atoms with Gasteiger partial charge in [-0.05, 0) is 19.1 Å². The predicted molar refractivity (Wildman–Crippen MR) is 73.0 cm³/mol. The number of carbonyl (C=O) groups is 3. The Morgan fingerprint density at radius 2 is 1.89 bits per heavy atom. The topological polar surface area (TPSA) is 95.5 Å². The molecule has 1 saturated carbocycles. The minimum Gasteiger partial charge on any atom is -0.478 e. The molecule has 3 amide bonds. The molecule has 0 aliphatic heterocycles. The summed E-state index contributed by atoms with van der Waals surface area (Å²) in [4.78, 5) is 33.0. The fraction of sp³-hybridized carbons (Fsp3) is 0.583. The van der Waals surface area contributed by atoms with Crippen LogP contribution < -0.4 is 10.6 Å². The monoisotopic (exact) mass is 286 g/mol. The van der Waals surface area contributed by atoms with Gasteiger partial charge in [-0.3, -0.25) is 10.1 Å². The number of urea groups is 1. The molecule has 1 rings (SSSR count). The molecular formula is C12H18N2O4S. The van der Waals surface area contributed by atoms with Crippen LogP contribution in [-0.2, 0) is 9.59 Å². The number of hydrogen-bond acceptors (Lipinski definition) is 4. The van der Waals surface area contributed by atoms with Crippen LogP contribution in [0.1, 0.15) is 25.7 Å². The molecule has 6 nitrogen and oxygen atoms in total. The van der Waals surface area contributed by atoms with Gasteiger partial charge in [0.05, 0.1) is 0 Å².